The summed E-state index contributed by atoms with van der Waals surface area (Å²) in [4.78, 5) is 50.7. The molecule has 3 heterocycles. The van der Waals surface area contributed by atoms with Crippen molar-refractivity contribution in [2.75, 3.05) is 11.9 Å². The molecule has 2 aliphatic carbocycles. The first kappa shape index (κ1) is 25.7. The van der Waals surface area contributed by atoms with Gasteiger partial charge >= 0.3 is 5.97 Å². The fourth-order valence-electron chi connectivity index (χ4n) is 6.03. The van der Waals surface area contributed by atoms with Crippen molar-refractivity contribution in [2.45, 2.75) is 64.0 Å². The van der Waals surface area contributed by atoms with Crippen molar-refractivity contribution in [1.29, 1.82) is 0 Å². The Hall–Kier alpha value is -3.59. The number of nitrogens with zero attached hydrogens (tertiary/aromatic N) is 4. The van der Waals surface area contributed by atoms with Crippen LogP contribution in [0, 0.1) is 11.8 Å². The van der Waals surface area contributed by atoms with E-state index < -0.39 is 11.9 Å². The van der Waals surface area contributed by atoms with Crippen LogP contribution in [-0.4, -0.2) is 50.8 Å². The number of carbonyl (C=O) groups is 3. The van der Waals surface area contributed by atoms with Gasteiger partial charge < -0.3 is 10.0 Å². The van der Waals surface area contributed by atoms with Gasteiger partial charge in [0.1, 0.15) is 5.69 Å². The Bertz CT molecular complexity index is 1430. The van der Waals surface area contributed by atoms with E-state index in [1.54, 1.807) is 23.0 Å². The maximum Gasteiger partial charge on any atom is 0.304 e. The Morgan fingerprint density at radius 2 is 1.90 bits per heavy atom. The van der Waals surface area contributed by atoms with Crippen LogP contribution in [0.1, 0.15) is 67.4 Å². The third-order valence-corrected chi connectivity index (χ3v) is 8.99. The van der Waals surface area contributed by atoms with Crippen LogP contribution < -0.4 is 4.90 Å². The zero-order valence-electron chi connectivity index (χ0n) is 22.0. The first-order valence-corrected chi connectivity index (χ1v) is 14.6. The third-order valence-electron chi connectivity index (χ3n) is 8.15. The minimum Gasteiger partial charge on any atom is -0.481 e. The second-order valence-corrected chi connectivity index (χ2v) is 11.9. The number of carboxylic acid groups (broad SMARTS) is 1. The summed E-state index contributed by atoms with van der Waals surface area (Å²) in [6.45, 7) is 0.537. The van der Waals surface area contributed by atoms with Gasteiger partial charge in [0.25, 0.3) is 5.91 Å². The van der Waals surface area contributed by atoms with Crippen LogP contribution >= 0.6 is 11.3 Å². The van der Waals surface area contributed by atoms with E-state index in [0.29, 0.717) is 29.7 Å². The fraction of sp³-hybridized carbons (Fsp3) is 0.433. The van der Waals surface area contributed by atoms with E-state index in [1.807, 2.05) is 35.7 Å². The normalized spacial score (nSPS) is 17.9. The van der Waals surface area contributed by atoms with E-state index in [0.717, 1.165) is 66.5 Å². The van der Waals surface area contributed by atoms with Gasteiger partial charge in [0.2, 0.25) is 5.91 Å². The van der Waals surface area contributed by atoms with Gasteiger partial charge in [-0.15, -0.1) is 11.3 Å². The molecule has 1 unspecified atom stereocenters. The van der Waals surface area contributed by atoms with Gasteiger partial charge in [0, 0.05) is 53.8 Å². The van der Waals surface area contributed by atoms with Crippen LogP contribution in [-0.2, 0) is 16.1 Å². The predicted octanol–water partition coefficient (Wildman–Crippen LogP) is 5.62. The van der Waals surface area contributed by atoms with Gasteiger partial charge in [-0.3, -0.25) is 24.3 Å². The summed E-state index contributed by atoms with van der Waals surface area (Å²) in [6.07, 6.45) is 8.53. The lowest BCUT2D eigenvalue weighted by Gasteiger charge is -2.26. The number of rotatable bonds is 9. The average molecular weight is 545 g/mol. The SMILES string of the molecule is CN1Cc2cc(-c3ccccc3-c3csc(N(C(=O)C(CC(=O)O)CC4CCCC4)C4CC4)n3)cnc2C1=O. The minimum absolute atomic E-state index is 0.0621. The molecule has 3 aromatic rings. The summed E-state index contributed by atoms with van der Waals surface area (Å²) >= 11 is 1.43. The van der Waals surface area contributed by atoms with Crippen molar-refractivity contribution >= 4 is 34.3 Å². The first-order chi connectivity index (χ1) is 18.9. The summed E-state index contributed by atoms with van der Waals surface area (Å²) in [5.41, 5.74) is 4.97. The molecule has 2 fully saturated rings. The molecule has 0 saturated heterocycles. The molecular weight excluding hydrogens is 512 g/mol. The number of aliphatic carboxylic acids is 1. The van der Waals surface area contributed by atoms with Crippen LogP contribution in [0.2, 0.25) is 0 Å². The molecule has 202 valence electrons. The Balaban J connectivity index is 1.30. The molecule has 2 aromatic heterocycles. The van der Waals surface area contributed by atoms with Crippen molar-refractivity contribution in [3.8, 4) is 22.4 Å². The zero-order chi connectivity index (χ0) is 27.1. The number of amides is 2. The molecule has 0 spiro atoms. The lowest BCUT2D eigenvalue weighted by Crippen LogP contribution is -2.39. The number of hydrogen-bond donors (Lipinski definition) is 1. The largest absolute Gasteiger partial charge is 0.481 e. The van der Waals surface area contributed by atoms with E-state index in [4.69, 9.17) is 4.98 Å². The van der Waals surface area contributed by atoms with Crippen LogP contribution in [0.4, 0.5) is 5.13 Å². The summed E-state index contributed by atoms with van der Waals surface area (Å²) in [5.74, 6) is -1.18. The number of carbonyl (C=O) groups excluding carboxylic acids is 2. The van der Waals surface area contributed by atoms with E-state index >= 15 is 0 Å². The lowest BCUT2D eigenvalue weighted by atomic mass is 9.90. The van der Waals surface area contributed by atoms with Gasteiger partial charge in [-0.25, -0.2) is 4.98 Å². The molecule has 6 rings (SSSR count). The summed E-state index contributed by atoms with van der Waals surface area (Å²) < 4.78 is 0. The molecule has 0 radical (unpaired) electrons. The Labute approximate surface area is 231 Å². The molecule has 1 aromatic carbocycles. The molecule has 2 amide bonds. The first-order valence-electron chi connectivity index (χ1n) is 13.7. The number of pyridine rings is 1. The third kappa shape index (κ3) is 5.20. The van der Waals surface area contributed by atoms with Crippen LogP contribution in [0.15, 0.2) is 41.9 Å². The van der Waals surface area contributed by atoms with Crippen LogP contribution in [0.5, 0.6) is 0 Å². The molecule has 1 N–H and O–H groups in total. The average Bonchev–Trinajstić information content (AvgIpc) is 3.29. The highest BCUT2D eigenvalue weighted by Gasteiger charge is 2.40. The second kappa shape index (κ2) is 10.5. The highest BCUT2D eigenvalue weighted by atomic mass is 32.1. The van der Waals surface area contributed by atoms with Gasteiger partial charge in [0.05, 0.1) is 12.1 Å². The molecule has 0 bridgehead atoms. The molecule has 1 aliphatic heterocycles. The van der Waals surface area contributed by atoms with Gasteiger partial charge in [-0.05, 0) is 36.8 Å². The molecule has 2 saturated carbocycles. The maximum atomic E-state index is 13.8. The maximum absolute atomic E-state index is 13.8. The molecule has 3 aliphatic rings. The Morgan fingerprint density at radius 3 is 2.62 bits per heavy atom. The van der Waals surface area contributed by atoms with Gasteiger partial charge in [0.15, 0.2) is 5.13 Å². The Kier molecular flexibility index (Phi) is 6.93. The van der Waals surface area contributed by atoms with Crippen molar-refractivity contribution in [1.82, 2.24) is 14.9 Å². The van der Waals surface area contributed by atoms with E-state index in [-0.39, 0.29) is 24.3 Å². The fourth-order valence-corrected chi connectivity index (χ4v) is 6.93. The highest BCUT2D eigenvalue weighted by molar-refractivity contribution is 7.14. The van der Waals surface area contributed by atoms with Gasteiger partial charge in [-0.1, -0.05) is 49.9 Å². The van der Waals surface area contributed by atoms with Crippen LogP contribution in [0.25, 0.3) is 22.4 Å². The summed E-state index contributed by atoms with van der Waals surface area (Å²) in [5, 5.41) is 12.2. The standard InChI is InChI=1S/C30H32N4O4S/c1-33-16-21-13-20(15-31-27(21)29(33)38)23-8-4-5-9-24(23)25-17-39-30(32-25)34(22-10-11-22)28(37)19(14-26(35)36)12-18-6-2-3-7-18/h4-5,8-9,13,15,17-19,22H,2-3,6-7,10-12,14,16H2,1H3,(H,35,36). The Morgan fingerprint density at radius 1 is 1.15 bits per heavy atom. The number of carboxylic acids is 1. The number of aromatic nitrogens is 2. The number of anilines is 1. The highest BCUT2D eigenvalue weighted by Crippen LogP contribution is 2.41. The summed E-state index contributed by atoms with van der Waals surface area (Å²) in [7, 11) is 1.77. The number of fused-ring (bicyclic) bond motifs is 1. The van der Waals surface area contributed by atoms with Crippen molar-refractivity contribution < 1.29 is 19.5 Å². The van der Waals surface area contributed by atoms with E-state index in [9.17, 15) is 19.5 Å². The van der Waals surface area contributed by atoms with Crippen molar-refractivity contribution in [3.05, 3.63) is 53.2 Å². The molecule has 39 heavy (non-hydrogen) atoms. The smallest absolute Gasteiger partial charge is 0.304 e. The second-order valence-electron chi connectivity index (χ2n) is 11.1. The summed E-state index contributed by atoms with van der Waals surface area (Å²) in [6, 6.07) is 10.1. The van der Waals surface area contributed by atoms with Crippen molar-refractivity contribution in [3.63, 3.8) is 0 Å². The van der Waals surface area contributed by atoms with E-state index in [1.165, 1.54) is 11.3 Å². The monoisotopic (exact) mass is 544 g/mol. The number of benzene rings is 1. The topological polar surface area (TPSA) is 104 Å². The molecule has 1 atom stereocenters. The molecular formula is C30H32N4O4S. The minimum atomic E-state index is -0.924. The number of thiazole rings is 1. The zero-order valence-corrected chi connectivity index (χ0v) is 22.8. The quantitative estimate of drug-likeness (QED) is 0.375. The van der Waals surface area contributed by atoms with Gasteiger partial charge in [-0.2, -0.15) is 0 Å². The molecule has 8 nitrogen and oxygen atoms in total. The number of hydrogen-bond acceptors (Lipinski definition) is 6. The molecule has 9 heteroatoms. The predicted molar refractivity (Wildman–Crippen MR) is 149 cm³/mol. The lowest BCUT2D eigenvalue weighted by molar-refractivity contribution is -0.141. The van der Waals surface area contributed by atoms with Crippen molar-refractivity contribution in [2.24, 2.45) is 11.8 Å². The van der Waals surface area contributed by atoms with Crippen LogP contribution in [0.3, 0.4) is 0 Å². The van der Waals surface area contributed by atoms with E-state index in [2.05, 4.69) is 4.98 Å².